The molecule has 6 atom stereocenters. The summed E-state index contributed by atoms with van der Waals surface area (Å²) < 4.78 is 27.1. The molecule has 2 aliphatic rings. The van der Waals surface area contributed by atoms with Crippen molar-refractivity contribution >= 4 is 0 Å². The smallest absolute Gasteiger partial charge is 0.114 e. The van der Waals surface area contributed by atoms with Crippen LogP contribution in [0.25, 0.3) is 0 Å². The molecule has 1 aliphatic heterocycles. The highest BCUT2D eigenvalue weighted by Gasteiger charge is 2.57. The fourth-order valence-corrected chi connectivity index (χ4v) is 6.07. The summed E-state index contributed by atoms with van der Waals surface area (Å²) in [6, 6.07) is 41.0. The van der Waals surface area contributed by atoms with E-state index in [1.54, 1.807) is 0 Å². The molecule has 0 aromatic heterocycles. The first-order valence-electron chi connectivity index (χ1n) is 14.7. The third-order valence-electron chi connectivity index (χ3n) is 8.20. The van der Waals surface area contributed by atoms with Crippen molar-refractivity contribution in [1.82, 2.24) is 5.06 Å². The molecule has 218 valence electrons. The van der Waals surface area contributed by atoms with E-state index >= 15 is 0 Å². The lowest BCUT2D eigenvalue weighted by molar-refractivity contribution is -0.247. The van der Waals surface area contributed by atoms with Crippen LogP contribution in [0.3, 0.4) is 0 Å². The first kappa shape index (κ1) is 28.7. The van der Waals surface area contributed by atoms with Gasteiger partial charge in [0.15, 0.2) is 0 Å². The quantitative estimate of drug-likeness (QED) is 0.204. The number of fused-ring (bicyclic) bond motifs is 1. The predicted molar refractivity (Wildman–Crippen MR) is 161 cm³/mol. The number of benzene rings is 4. The lowest BCUT2D eigenvalue weighted by Crippen LogP contribution is -2.65. The van der Waals surface area contributed by atoms with Gasteiger partial charge in [-0.3, -0.25) is 4.84 Å². The van der Waals surface area contributed by atoms with Gasteiger partial charge < -0.3 is 18.9 Å². The SMILES string of the molecule is CN1OC[C@H]2C(OCc3ccccc3)C(OCc3ccccc3)C(OCc3ccccc3)C(OCc3ccccc3)[C@H]21. The van der Waals surface area contributed by atoms with E-state index < -0.39 is 6.10 Å². The van der Waals surface area contributed by atoms with E-state index in [0.717, 1.165) is 22.3 Å². The molecule has 2 fully saturated rings. The number of hydrogen-bond donors (Lipinski definition) is 0. The topological polar surface area (TPSA) is 49.4 Å². The molecule has 6 heteroatoms. The van der Waals surface area contributed by atoms with E-state index in [2.05, 4.69) is 48.5 Å². The summed E-state index contributed by atoms with van der Waals surface area (Å²) in [5.41, 5.74) is 4.43. The van der Waals surface area contributed by atoms with Crippen molar-refractivity contribution in [2.24, 2.45) is 5.92 Å². The molecule has 1 aliphatic carbocycles. The largest absolute Gasteiger partial charge is 0.370 e. The van der Waals surface area contributed by atoms with E-state index in [1.807, 2.05) is 84.9 Å². The van der Waals surface area contributed by atoms with E-state index in [1.165, 1.54) is 0 Å². The van der Waals surface area contributed by atoms with Crippen molar-refractivity contribution in [2.45, 2.75) is 56.9 Å². The molecule has 4 aromatic rings. The Morgan fingerprint density at radius 2 is 0.833 bits per heavy atom. The molecule has 1 saturated carbocycles. The minimum atomic E-state index is -0.399. The average Bonchev–Trinajstić information content (AvgIpc) is 3.44. The summed E-state index contributed by atoms with van der Waals surface area (Å²) in [5, 5.41) is 1.94. The fraction of sp³-hybridized carbons (Fsp3) is 0.333. The maximum absolute atomic E-state index is 6.80. The Kier molecular flexibility index (Phi) is 9.72. The number of ether oxygens (including phenoxy) is 4. The number of hydrogen-bond acceptors (Lipinski definition) is 6. The summed E-state index contributed by atoms with van der Waals surface area (Å²) in [6.07, 6.45) is -1.34. The number of likely N-dealkylation sites (N-methyl/N-ethyl adjacent to an activating group) is 1. The third-order valence-corrected chi connectivity index (χ3v) is 8.20. The van der Waals surface area contributed by atoms with Crippen LogP contribution in [-0.2, 0) is 50.2 Å². The van der Waals surface area contributed by atoms with Crippen molar-refractivity contribution < 1.29 is 23.8 Å². The zero-order valence-electron chi connectivity index (χ0n) is 24.0. The van der Waals surface area contributed by atoms with Crippen LogP contribution >= 0.6 is 0 Å². The van der Waals surface area contributed by atoms with E-state index in [9.17, 15) is 0 Å². The summed E-state index contributed by atoms with van der Waals surface area (Å²) in [4.78, 5) is 6.15. The van der Waals surface area contributed by atoms with Gasteiger partial charge >= 0.3 is 0 Å². The van der Waals surface area contributed by atoms with Crippen LogP contribution in [0.1, 0.15) is 22.3 Å². The number of rotatable bonds is 12. The summed E-state index contributed by atoms with van der Waals surface area (Å²) in [5.74, 6) is 0.0387. The molecule has 1 saturated heterocycles. The van der Waals surface area contributed by atoms with Crippen LogP contribution in [0.2, 0.25) is 0 Å². The van der Waals surface area contributed by atoms with E-state index in [0.29, 0.717) is 33.0 Å². The van der Waals surface area contributed by atoms with Crippen molar-refractivity contribution in [3.05, 3.63) is 144 Å². The van der Waals surface area contributed by atoms with Crippen LogP contribution in [-0.4, -0.2) is 49.2 Å². The van der Waals surface area contributed by atoms with Crippen molar-refractivity contribution in [2.75, 3.05) is 13.7 Å². The van der Waals surface area contributed by atoms with Gasteiger partial charge in [0.2, 0.25) is 0 Å². The molecule has 0 N–H and O–H groups in total. The highest BCUT2D eigenvalue weighted by Crippen LogP contribution is 2.41. The average molecular weight is 566 g/mol. The molecule has 42 heavy (non-hydrogen) atoms. The van der Waals surface area contributed by atoms with Crippen molar-refractivity contribution in [3.8, 4) is 0 Å². The molecule has 1 heterocycles. The van der Waals surface area contributed by atoms with Crippen molar-refractivity contribution in [1.29, 1.82) is 0 Å². The molecular weight excluding hydrogens is 526 g/mol. The standard InChI is InChI=1S/C36H39NO5/c1-37-32-31(26-42-37)33(38-22-27-14-6-2-7-15-27)35(40-24-29-18-10-4-11-19-29)36(41-25-30-20-12-5-13-21-30)34(32)39-23-28-16-8-3-9-17-28/h2-21,31-36H,22-26H2,1H3/t31-,32+,33?,34?,35?,36?/m1/s1. The second kappa shape index (κ2) is 14.2. The normalized spacial score (nSPS) is 25.7. The van der Waals surface area contributed by atoms with Gasteiger partial charge in [-0.05, 0) is 22.3 Å². The Hall–Kier alpha value is -3.36. The van der Waals surface area contributed by atoms with Crippen LogP contribution in [0.5, 0.6) is 0 Å². The van der Waals surface area contributed by atoms with Gasteiger partial charge in [-0.2, -0.15) is 5.06 Å². The van der Waals surface area contributed by atoms with Crippen LogP contribution in [0.4, 0.5) is 0 Å². The summed E-state index contributed by atoms with van der Waals surface area (Å²) >= 11 is 0. The number of nitrogens with zero attached hydrogens (tertiary/aromatic N) is 1. The molecule has 4 unspecified atom stereocenters. The lowest BCUT2D eigenvalue weighted by atomic mass is 9.77. The molecule has 4 aromatic carbocycles. The van der Waals surface area contributed by atoms with Gasteiger partial charge in [0, 0.05) is 13.0 Å². The molecular formula is C36H39NO5. The highest BCUT2D eigenvalue weighted by molar-refractivity contribution is 5.17. The van der Waals surface area contributed by atoms with Gasteiger partial charge in [-0.1, -0.05) is 121 Å². The second-order valence-electron chi connectivity index (χ2n) is 11.0. The van der Waals surface area contributed by atoms with E-state index in [-0.39, 0.29) is 30.3 Å². The van der Waals surface area contributed by atoms with Crippen LogP contribution < -0.4 is 0 Å². The molecule has 0 amide bonds. The van der Waals surface area contributed by atoms with Gasteiger partial charge in [0.05, 0.1) is 45.2 Å². The van der Waals surface area contributed by atoms with Gasteiger partial charge in [0.25, 0.3) is 0 Å². The second-order valence-corrected chi connectivity index (χ2v) is 11.0. The Morgan fingerprint density at radius 1 is 0.500 bits per heavy atom. The summed E-state index contributed by atoms with van der Waals surface area (Å²) in [7, 11) is 1.98. The van der Waals surface area contributed by atoms with Gasteiger partial charge in [-0.25, -0.2) is 0 Å². The first-order chi connectivity index (χ1) is 20.8. The molecule has 6 rings (SSSR count). The van der Waals surface area contributed by atoms with Crippen molar-refractivity contribution in [3.63, 3.8) is 0 Å². The van der Waals surface area contributed by atoms with Gasteiger partial charge in [0.1, 0.15) is 18.3 Å². The maximum Gasteiger partial charge on any atom is 0.114 e. The Morgan fingerprint density at radius 3 is 1.24 bits per heavy atom. The zero-order chi connectivity index (χ0) is 28.6. The Labute approximate surface area is 248 Å². The first-order valence-corrected chi connectivity index (χ1v) is 14.7. The minimum absolute atomic E-state index is 0.0387. The lowest BCUT2D eigenvalue weighted by Gasteiger charge is -2.48. The fourth-order valence-electron chi connectivity index (χ4n) is 6.07. The molecule has 0 spiro atoms. The summed E-state index contributed by atoms with van der Waals surface area (Å²) in [6.45, 7) is 2.36. The number of hydroxylamine groups is 2. The minimum Gasteiger partial charge on any atom is -0.370 e. The predicted octanol–water partition coefficient (Wildman–Crippen LogP) is 6.20. The zero-order valence-corrected chi connectivity index (χ0v) is 24.0. The highest BCUT2D eigenvalue weighted by atomic mass is 16.7. The monoisotopic (exact) mass is 565 g/mol. The molecule has 6 nitrogen and oxygen atoms in total. The van der Waals surface area contributed by atoms with E-state index in [4.69, 9.17) is 23.8 Å². The van der Waals surface area contributed by atoms with Gasteiger partial charge in [-0.15, -0.1) is 0 Å². The third kappa shape index (κ3) is 6.98. The molecule has 0 bridgehead atoms. The van der Waals surface area contributed by atoms with Crippen LogP contribution in [0.15, 0.2) is 121 Å². The molecule has 0 radical (unpaired) electrons. The Bertz CT molecular complexity index is 1340. The maximum atomic E-state index is 6.80. The Balaban J connectivity index is 1.32. The van der Waals surface area contributed by atoms with Crippen LogP contribution in [0, 0.1) is 5.92 Å².